The van der Waals surface area contributed by atoms with E-state index in [9.17, 15) is 4.79 Å². The first-order valence-corrected chi connectivity index (χ1v) is 2.49. The number of hydrogen-bond acceptors (Lipinski definition) is 3. The lowest BCUT2D eigenvalue weighted by molar-refractivity contribution is 0.201. The van der Waals surface area contributed by atoms with Gasteiger partial charge in [-0.2, -0.15) is 5.01 Å². The standard InChI is InChI=1S/C4H6N4O2/c5-8(4(9)10)3-6-1-2-7-3/h1-2H,5H2,(H,6,7)(H,9,10). The number of rotatable bonds is 1. The molecule has 0 saturated carbocycles. The molecule has 0 aliphatic carbocycles. The number of amides is 1. The van der Waals surface area contributed by atoms with Crippen molar-refractivity contribution in [3.63, 3.8) is 0 Å². The average molecular weight is 142 g/mol. The highest BCUT2D eigenvalue weighted by Gasteiger charge is 2.09. The van der Waals surface area contributed by atoms with Crippen LogP contribution in [0.25, 0.3) is 0 Å². The smallest absolute Gasteiger partial charge is 0.428 e. The minimum Gasteiger partial charge on any atom is -0.464 e. The molecule has 1 rings (SSSR count). The van der Waals surface area contributed by atoms with E-state index in [1.54, 1.807) is 0 Å². The summed E-state index contributed by atoms with van der Waals surface area (Å²) in [6.07, 6.45) is 1.64. The van der Waals surface area contributed by atoms with Crippen LogP contribution in [0.15, 0.2) is 12.4 Å². The van der Waals surface area contributed by atoms with Gasteiger partial charge in [0.05, 0.1) is 0 Å². The van der Waals surface area contributed by atoms with Crippen LogP contribution in [-0.2, 0) is 0 Å². The number of carbonyl (C=O) groups is 1. The number of hydrazine groups is 1. The summed E-state index contributed by atoms with van der Waals surface area (Å²) in [4.78, 5) is 16.3. The largest absolute Gasteiger partial charge is 0.464 e. The van der Waals surface area contributed by atoms with E-state index in [2.05, 4.69) is 9.97 Å². The van der Waals surface area contributed by atoms with E-state index in [-0.39, 0.29) is 5.95 Å². The second kappa shape index (κ2) is 2.36. The van der Waals surface area contributed by atoms with Gasteiger partial charge in [-0.1, -0.05) is 0 Å². The lowest BCUT2D eigenvalue weighted by Gasteiger charge is -2.06. The Morgan fingerprint density at radius 2 is 2.60 bits per heavy atom. The van der Waals surface area contributed by atoms with Crippen LogP contribution in [0.3, 0.4) is 0 Å². The maximum absolute atomic E-state index is 10.1. The topological polar surface area (TPSA) is 95.2 Å². The Morgan fingerprint density at radius 3 is 3.00 bits per heavy atom. The highest BCUT2D eigenvalue weighted by molar-refractivity contribution is 5.81. The lowest BCUT2D eigenvalue weighted by atomic mass is 10.9. The van der Waals surface area contributed by atoms with Gasteiger partial charge in [-0.05, 0) is 0 Å². The molecular formula is C4H6N4O2. The molecular weight excluding hydrogens is 136 g/mol. The maximum Gasteiger partial charge on any atom is 0.428 e. The van der Waals surface area contributed by atoms with E-state index in [4.69, 9.17) is 10.9 Å². The van der Waals surface area contributed by atoms with E-state index in [1.807, 2.05) is 0 Å². The summed E-state index contributed by atoms with van der Waals surface area (Å²) in [6.45, 7) is 0. The molecule has 0 spiro atoms. The molecule has 4 N–H and O–H groups in total. The van der Waals surface area contributed by atoms with Crippen molar-refractivity contribution in [3.05, 3.63) is 12.4 Å². The molecule has 6 heteroatoms. The van der Waals surface area contributed by atoms with Crippen LogP contribution >= 0.6 is 0 Å². The number of H-pyrrole nitrogens is 1. The van der Waals surface area contributed by atoms with Crippen LogP contribution in [0.2, 0.25) is 0 Å². The highest BCUT2D eigenvalue weighted by atomic mass is 16.4. The molecule has 1 aromatic rings. The van der Waals surface area contributed by atoms with Crippen molar-refractivity contribution in [2.75, 3.05) is 5.01 Å². The van der Waals surface area contributed by atoms with Gasteiger partial charge in [0.15, 0.2) is 0 Å². The molecule has 0 aromatic carbocycles. The molecule has 0 bridgehead atoms. The Labute approximate surface area is 56.3 Å². The van der Waals surface area contributed by atoms with Crippen molar-refractivity contribution in [1.29, 1.82) is 0 Å². The van der Waals surface area contributed by atoms with E-state index in [1.165, 1.54) is 12.4 Å². The van der Waals surface area contributed by atoms with E-state index in [0.717, 1.165) is 0 Å². The SMILES string of the molecule is NN(C(=O)O)c1ncc[nH]1. The summed E-state index contributed by atoms with van der Waals surface area (Å²) >= 11 is 0. The van der Waals surface area contributed by atoms with Gasteiger partial charge in [0, 0.05) is 12.4 Å². The molecule has 0 fully saturated rings. The van der Waals surface area contributed by atoms with Crippen LogP contribution in [0, 0.1) is 0 Å². The van der Waals surface area contributed by atoms with Gasteiger partial charge in [0.1, 0.15) is 0 Å². The number of carboxylic acid groups (broad SMARTS) is 1. The fraction of sp³-hybridized carbons (Fsp3) is 0. The first-order valence-electron chi connectivity index (χ1n) is 2.49. The molecule has 0 aliphatic rings. The van der Waals surface area contributed by atoms with Crippen LogP contribution in [-0.4, -0.2) is 21.2 Å². The molecule has 0 atom stereocenters. The number of hydrogen-bond donors (Lipinski definition) is 3. The zero-order chi connectivity index (χ0) is 7.56. The lowest BCUT2D eigenvalue weighted by Crippen LogP contribution is -2.36. The Balaban J connectivity index is 2.77. The predicted molar refractivity (Wildman–Crippen MR) is 33.3 cm³/mol. The van der Waals surface area contributed by atoms with Crippen molar-refractivity contribution < 1.29 is 9.90 Å². The van der Waals surface area contributed by atoms with Gasteiger partial charge < -0.3 is 10.1 Å². The molecule has 0 aliphatic heterocycles. The third-order valence-corrected chi connectivity index (χ3v) is 0.918. The predicted octanol–water partition coefficient (Wildman–Crippen LogP) is -0.232. The Morgan fingerprint density at radius 1 is 1.90 bits per heavy atom. The Kier molecular flexibility index (Phi) is 1.55. The third kappa shape index (κ3) is 1.06. The summed E-state index contributed by atoms with van der Waals surface area (Å²) in [5.74, 6) is 5.13. The first kappa shape index (κ1) is 6.56. The normalized spacial score (nSPS) is 9.30. The monoisotopic (exact) mass is 142 g/mol. The van der Waals surface area contributed by atoms with Gasteiger partial charge in [0.25, 0.3) is 0 Å². The van der Waals surface area contributed by atoms with E-state index in [0.29, 0.717) is 5.01 Å². The zero-order valence-corrected chi connectivity index (χ0v) is 4.98. The quantitative estimate of drug-likeness (QED) is 0.286. The summed E-state index contributed by atoms with van der Waals surface area (Å²) in [5.41, 5.74) is 0. The van der Waals surface area contributed by atoms with Gasteiger partial charge in [-0.15, -0.1) is 0 Å². The highest BCUT2D eigenvalue weighted by Crippen LogP contribution is 1.98. The summed E-state index contributed by atoms with van der Waals surface area (Å²) < 4.78 is 0. The van der Waals surface area contributed by atoms with Gasteiger partial charge in [-0.25, -0.2) is 15.6 Å². The summed E-state index contributed by atoms with van der Waals surface area (Å²) in [7, 11) is 0. The number of aromatic amines is 1. The molecule has 6 nitrogen and oxygen atoms in total. The zero-order valence-electron chi connectivity index (χ0n) is 4.98. The second-order valence-electron chi connectivity index (χ2n) is 1.57. The Hall–Kier alpha value is -1.56. The molecule has 54 valence electrons. The maximum atomic E-state index is 10.1. The van der Waals surface area contributed by atoms with Crippen molar-refractivity contribution in [2.45, 2.75) is 0 Å². The first-order chi connectivity index (χ1) is 4.72. The second-order valence-corrected chi connectivity index (χ2v) is 1.57. The molecule has 0 saturated heterocycles. The number of imidazole rings is 1. The van der Waals surface area contributed by atoms with Crippen molar-refractivity contribution in [3.8, 4) is 0 Å². The summed E-state index contributed by atoms with van der Waals surface area (Å²) in [6, 6.07) is 0. The van der Waals surface area contributed by atoms with Gasteiger partial charge in [0.2, 0.25) is 5.95 Å². The molecule has 10 heavy (non-hydrogen) atoms. The fourth-order valence-electron chi connectivity index (χ4n) is 0.479. The number of aromatic nitrogens is 2. The molecule has 0 radical (unpaired) electrons. The van der Waals surface area contributed by atoms with Crippen molar-refractivity contribution in [1.82, 2.24) is 9.97 Å². The van der Waals surface area contributed by atoms with Crippen LogP contribution in [0.4, 0.5) is 10.7 Å². The van der Waals surface area contributed by atoms with Gasteiger partial charge >= 0.3 is 6.09 Å². The molecule has 0 unspecified atom stereocenters. The van der Waals surface area contributed by atoms with Crippen LogP contribution in [0.5, 0.6) is 0 Å². The van der Waals surface area contributed by atoms with E-state index < -0.39 is 6.09 Å². The number of nitrogens with two attached hydrogens (primary N) is 1. The summed E-state index contributed by atoms with van der Waals surface area (Å²) in [5, 5.41) is 8.79. The minimum absolute atomic E-state index is 0.104. The third-order valence-electron chi connectivity index (χ3n) is 0.918. The van der Waals surface area contributed by atoms with Crippen molar-refractivity contribution in [2.24, 2.45) is 5.84 Å². The van der Waals surface area contributed by atoms with E-state index >= 15 is 0 Å². The average Bonchev–Trinajstić information content (AvgIpc) is 2.36. The molecule has 1 aromatic heterocycles. The van der Waals surface area contributed by atoms with Crippen molar-refractivity contribution >= 4 is 12.0 Å². The Bertz CT molecular complexity index is 219. The van der Waals surface area contributed by atoms with Gasteiger partial charge in [-0.3, -0.25) is 0 Å². The minimum atomic E-state index is -1.25. The fourth-order valence-corrected chi connectivity index (χ4v) is 0.479. The van der Waals surface area contributed by atoms with Crippen LogP contribution < -0.4 is 10.9 Å². The number of nitrogens with zero attached hydrogens (tertiary/aromatic N) is 2. The number of nitrogens with one attached hydrogen (secondary N) is 1. The molecule has 1 heterocycles. The van der Waals surface area contributed by atoms with Crippen LogP contribution in [0.1, 0.15) is 0 Å². The molecule has 1 amide bonds. The number of anilines is 1.